The van der Waals surface area contributed by atoms with E-state index in [1.54, 1.807) is 13.2 Å². The topological polar surface area (TPSA) is 67.4 Å². The molecule has 2 N–H and O–H groups in total. The Morgan fingerprint density at radius 2 is 1.95 bits per heavy atom. The minimum Gasteiger partial charge on any atom is -0.497 e. The number of urea groups is 1. The van der Waals surface area contributed by atoms with Gasteiger partial charge in [-0.05, 0) is 34.5 Å². The molecule has 2 aromatic carbocycles. The zero-order valence-corrected chi connectivity index (χ0v) is 10.8. The van der Waals surface area contributed by atoms with Gasteiger partial charge in [-0.3, -0.25) is 10.1 Å². The molecular weight excluding hydrogens is 256 g/mol. The maximum absolute atomic E-state index is 11.5. The molecule has 1 aliphatic rings. The molecule has 0 bridgehead atoms. The highest BCUT2D eigenvalue weighted by molar-refractivity contribution is 6.14. The van der Waals surface area contributed by atoms with Crippen molar-refractivity contribution in [2.24, 2.45) is 0 Å². The molecule has 1 aliphatic heterocycles. The summed E-state index contributed by atoms with van der Waals surface area (Å²) in [6, 6.07) is 11.0. The van der Waals surface area contributed by atoms with E-state index in [2.05, 4.69) is 10.6 Å². The van der Waals surface area contributed by atoms with Crippen LogP contribution in [0, 0.1) is 0 Å². The van der Waals surface area contributed by atoms with Crippen LogP contribution in [-0.2, 0) is 4.79 Å². The van der Waals surface area contributed by atoms with E-state index >= 15 is 0 Å². The Hall–Kier alpha value is -2.82. The maximum Gasteiger partial charge on any atom is 0.326 e. The van der Waals surface area contributed by atoms with Crippen molar-refractivity contribution < 1.29 is 14.3 Å². The fraction of sp³-hybridized carbons (Fsp3) is 0.0667. The van der Waals surface area contributed by atoms with Gasteiger partial charge in [-0.1, -0.05) is 24.3 Å². The number of benzene rings is 2. The summed E-state index contributed by atoms with van der Waals surface area (Å²) in [5.41, 5.74) is 1.11. The van der Waals surface area contributed by atoms with E-state index in [0.29, 0.717) is 0 Å². The lowest BCUT2D eigenvalue weighted by molar-refractivity contribution is -0.115. The van der Waals surface area contributed by atoms with Gasteiger partial charge in [0.2, 0.25) is 0 Å². The predicted octanol–water partition coefficient (Wildman–Crippen LogP) is 2.03. The minimum absolute atomic E-state index is 0.248. The fourth-order valence-electron chi connectivity index (χ4n) is 2.18. The monoisotopic (exact) mass is 268 g/mol. The van der Waals surface area contributed by atoms with Gasteiger partial charge >= 0.3 is 6.03 Å². The smallest absolute Gasteiger partial charge is 0.326 e. The van der Waals surface area contributed by atoms with Crippen molar-refractivity contribution >= 4 is 28.8 Å². The molecule has 2 aromatic rings. The van der Waals surface area contributed by atoms with Crippen molar-refractivity contribution in [3.05, 3.63) is 47.7 Å². The number of fused-ring (bicyclic) bond motifs is 1. The van der Waals surface area contributed by atoms with E-state index in [4.69, 9.17) is 4.74 Å². The second kappa shape index (κ2) is 4.70. The molecule has 1 saturated heterocycles. The summed E-state index contributed by atoms with van der Waals surface area (Å²) in [6.07, 6.45) is 1.66. The number of methoxy groups -OCH3 is 1. The summed E-state index contributed by atoms with van der Waals surface area (Å²) in [7, 11) is 1.62. The van der Waals surface area contributed by atoms with Crippen LogP contribution in [-0.4, -0.2) is 19.0 Å². The normalized spacial score (nSPS) is 16.4. The van der Waals surface area contributed by atoms with Crippen molar-refractivity contribution in [2.45, 2.75) is 0 Å². The average molecular weight is 268 g/mol. The molecule has 100 valence electrons. The summed E-state index contributed by atoms with van der Waals surface area (Å²) in [6.45, 7) is 0. The summed E-state index contributed by atoms with van der Waals surface area (Å²) in [5, 5.41) is 6.64. The van der Waals surface area contributed by atoms with E-state index < -0.39 is 11.9 Å². The maximum atomic E-state index is 11.5. The van der Waals surface area contributed by atoms with E-state index in [-0.39, 0.29) is 5.70 Å². The molecule has 0 spiro atoms. The van der Waals surface area contributed by atoms with E-state index in [9.17, 15) is 9.59 Å². The number of ether oxygens (including phenoxy) is 1. The first-order valence-corrected chi connectivity index (χ1v) is 6.08. The van der Waals surface area contributed by atoms with Crippen molar-refractivity contribution in [2.75, 3.05) is 7.11 Å². The molecule has 0 aliphatic carbocycles. The van der Waals surface area contributed by atoms with Crippen LogP contribution >= 0.6 is 0 Å². The Bertz CT molecular complexity index is 750. The third kappa shape index (κ3) is 2.09. The predicted molar refractivity (Wildman–Crippen MR) is 75.2 cm³/mol. The molecule has 3 amide bonds. The SMILES string of the molecule is COc1ccc2c(/C=C3\NC(=O)NC3=O)cccc2c1. The van der Waals surface area contributed by atoms with Crippen LogP contribution in [0.3, 0.4) is 0 Å². The summed E-state index contributed by atoms with van der Waals surface area (Å²) >= 11 is 0. The number of amides is 3. The largest absolute Gasteiger partial charge is 0.497 e. The van der Waals surface area contributed by atoms with Gasteiger partial charge in [-0.2, -0.15) is 0 Å². The Morgan fingerprint density at radius 1 is 1.10 bits per heavy atom. The van der Waals surface area contributed by atoms with Crippen LogP contribution in [0.25, 0.3) is 16.8 Å². The number of rotatable bonds is 2. The summed E-state index contributed by atoms with van der Waals surface area (Å²) in [4.78, 5) is 22.6. The molecule has 0 aromatic heterocycles. The van der Waals surface area contributed by atoms with Crippen molar-refractivity contribution in [3.63, 3.8) is 0 Å². The van der Waals surface area contributed by atoms with Crippen LogP contribution in [0.15, 0.2) is 42.1 Å². The van der Waals surface area contributed by atoms with Crippen LogP contribution in [0.2, 0.25) is 0 Å². The zero-order chi connectivity index (χ0) is 14.1. The number of carbonyl (C=O) groups excluding carboxylic acids is 2. The van der Waals surface area contributed by atoms with Gasteiger partial charge in [-0.15, -0.1) is 0 Å². The number of carbonyl (C=O) groups is 2. The average Bonchev–Trinajstić information content (AvgIpc) is 2.76. The second-order valence-corrected chi connectivity index (χ2v) is 4.40. The molecule has 3 rings (SSSR count). The first kappa shape index (κ1) is 12.2. The lowest BCUT2D eigenvalue weighted by Crippen LogP contribution is -2.22. The molecule has 5 heteroatoms. The first-order valence-electron chi connectivity index (χ1n) is 6.08. The molecule has 0 saturated carbocycles. The molecule has 0 atom stereocenters. The van der Waals surface area contributed by atoms with E-state index in [1.807, 2.05) is 36.4 Å². The first-order chi connectivity index (χ1) is 9.67. The molecule has 1 heterocycles. The van der Waals surface area contributed by atoms with Gasteiger partial charge in [0, 0.05) is 0 Å². The van der Waals surface area contributed by atoms with Crippen LogP contribution in [0.1, 0.15) is 5.56 Å². The Kier molecular flexibility index (Phi) is 2.87. The van der Waals surface area contributed by atoms with Crippen molar-refractivity contribution in [1.82, 2.24) is 10.6 Å². The van der Waals surface area contributed by atoms with Crippen molar-refractivity contribution in [3.8, 4) is 5.75 Å². The lowest BCUT2D eigenvalue weighted by atomic mass is 10.0. The van der Waals surface area contributed by atoms with E-state index in [0.717, 1.165) is 22.1 Å². The lowest BCUT2D eigenvalue weighted by Gasteiger charge is -2.05. The second-order valence-electron chi connectivity index (χ2n) is 4.40. The Labute approximate surface area is 115 Å². The third-order valence-corrected chi connectivity index (χ3v) is 3.14. The number of imide groups is 1. The number of hydrogen-bond acceptors (Lipinski definition) is 3. The van der Waals surface area contributed by atoms with Crippen LogP contribution in [0.5, 0.6) is 5.75 Å². The van der Waals surface area contributed by atoms with Crippen LogP contribution in [0.4, 0.5) is 4.79 Å². The zero-order valence-electron chi connectivity index (χ0n) is 10.8. The highest BCUT2D eigenvalue weighted by atomic mass is 16.5. The summed E-state index contributed by atoms with van der Waals surface area (Å²) in [5.74, 6) is 0.356. The quantitative estimate of drug-likeness (QED) is 0.647. The molecule has 0 unspecified atom stereocenters. The summed E-state index contributed by atoms with van der Waals surface area (Å²) < 4.78 is 5.19. The fourth-order valence-corrected chi connectivity index (χ4v) is 2.18. The minimum atomic E-state index is -0.497. The highest BCUT2D eigenvalue weighted by Gasteiger charge is 2.22. The molecular formula is C15H12N2O3. The van der Waals surface area contributed by atoms with Crippen LogP contribution < -0.4 is 15.4 Å². The highest BCUT2D eigenvalue weighted by Crippen LogP contribution is 2.25. The van der Waals surface area contributed by atoms with Gasteiger partial charge in [-0.25, -0.2) is 4.79 Å². The third-order valence-electron chi connectivity index (χ3n) is 3.14. The Balaban J connectivity index is 2.10. The molecule has 0 radical (unpaired) electrons. The van der Waals surface area contributed by atoms with Gasteiger partial charge in [0.25, 0.3) is 5.91 Å². The number of nitrogens with one attached hydrogen (secondary N) is 2. The molecule has 1 fully saturated rings. The standard InChI is InChI=1S/C15H12N2O3/c1-20-11-5-6-12-9(7-11)3-2-4-10(12)8-13-14(18)17-15(19)16-13/h2-8H,1H3,(H2,16,17,18,19)/b13-8-. The molecule has 5 nitrogen and oxygen atoms in total. The van der Waals surface area contributed by atoms with Crippen molar-refractivity contribution in [1.29, 1.82) is 0 Å². The molecule has 20 heavy (non-hydrogen) atoms. The van der Waals surface area contributed by atoms with Gasteiger partial charge in [0.1, 0.15) is 11.4 Å². The van der Waals surface area contributed by atoms with E-state index in [1.165, 1.54) is 0 Å². The van der Waals surface area contributed by atoms with Gasteiger partial charge < -0.3 is 10.1 Å². The Morgan fingerprint density at radius 3 is 2.65 bits per heavy atom. The van der Waals surface area contributed by atoms with Gasteiger partial charge in [0.15, 0.2) is 0 Å². The number of hydrogen-bond donors (Lipinski definition) is 2. The van der Waals surface area contributed by atoms with Gasteiger partial charge in [0.05, 0.1) is 7.11 Å².